The lowest BCUT2D eigenvalue weighted by molar-refractivity contribution is -0.124. The van der Waals surface area contributed by atoms with Crippen LogP contribution in [0.5, 0.6) is 5.75 Å². The number of hydrogen-bond donors (Lipinski definition) is 2. The van der Waals surface area contributed by atoms with Crippen molar-refractivity contribution >= 4 is 11.8 Å². The number of carbonyl (C=O) groups excluding carboxylic acids is 2. The lowest BCUT2D eigenvalue weighted by Crippen LogP contribution is -2.49. The summed E-state index contributed by atoms with van der Waals surface area (Å²) >= 11 is 0. The van der Waals surface area contributed by atoms with Crippen LogP contribution in [0.2, 0.25) is 0 Å². The second kappa shape index (κ2) is 11.2. The number of amides is 2. The molecule has 0 spiro atoms. The number of methoxy groups -OCH3 is 1. The first-order valence-corrected chi connectivity index (χ1v) is 9.83. The molecule has 29 heavy (non-hydrogen) atoms. The van der Waals surface area contributed by atoms with Crippen molar-refractivity contribution in [2.75, 3.05) is 13.7 Å². The molecule has 0 heterocycles. The van der Waals surface area contributed by atoms with Crippen molar-refractivity contribution in [1.82, 2.24) is 10.6 Å². The summed E-state index contributed by atoms with van der Waals surface area (Å²) in [5.41, 5.74) is 2.50. The van der Waals surface area contributed by atoms with Gasteiger partial charge >= 0.3 is 0 Å². The lowest BCUT2D eigenvalue weighted by atomic mass is 10.0. The van der Waals surface area contributed by atoms with Gasteiger partial charge in [-0.05, 0) is 48.2 Å². The van der Waals surface area contributed by atoms with E-state index in [1.165, 1.54) is 0 Å². The van der Waals surface area contributed by atoms with Crippen molar-refractivity contribution in [2.24, 2.45) is 5.92 Å². The van der Waals surface area contributed by atoms with Crippen LogP contribution in [0.4, 0.5) is 0 Å². The Morgan fingerprint density at radius 1 is 1.00 bits per heavy atom. The molecule has 0 aliphatic rings. The Morgan fingerprint density at radius 2 is 1.66 bits per heavy atom. The maximum absolute atomic E-state index is 12.8. The third-order valence-electron chi connectivity index (χ3n) is 4.53. The molecule has 0 radical (unpaired) electrons. The van der Waals surface area contributed by atoms with Crippen molar-refractivity contribution in [3.63, 3.8) is 0 Å². The Labute approximate surface area is 172 Å². The first-order valence-electron chi connectivity index (χ1n) is 9.83. The van der Waals surface area contributed by atoms with E-state index in [0.29, 0.717) is 31.1 Å². The summed E-state index contributed by atoms with van der Waals surface area (Å²) in [6.45, 7) is 7.13. The van der Waals surface area contributed by atoms with Gasteiger partial charge in [-0.25, -0.2) is 0 Å². The largest absolute Gasteiger partial charge is 0.494 e. The van der Waals surface area contributed by atoms with E-state index in [0.717, 1.165) is 11.1 Å². The molecule has 0 fully saturated rings. The van der Waals surface area contributed by atoms with Crippen molar-refractivity contribution in [1.29, 1.82) is 0 Å². The first-order chi connectivity index (χ1) is 14.0. The normalized spacial score (nSPS) is 11.8. The summed E-state index contributed by atoms with van der Waals surface area (Å²) in [7, 11) is 1.64. The maximum Gasteiger partial charge on any atom is 0.251 e. The predicted molar refractivity (Wildman–Crippen MR) is 113 cm³/mol. The molecule has 0 bridgehead atoms. The van der Waals surface area contributed by atoms with Gasteiger partial charge in [0, 0.05) is 19.2 Å². The molecule has 0 saturated carbocycles. The molecule has 1 atom stereocenters. The number of carbonyl (C=O) groups is 2. The van der Waals surface area contributed by atoms with Gasteiger partial charge in [0.05, 0.1) is 13.2 Å². The van der Waals surface area contributed by atoms with E-state index >= 15 is 0 Å². The molecule has 156 valence electrons. The highest BCUT2D eigenvalue weighted by Gasteiger charge is 2.24. The van der Waals surface area contributed by atoms with E-state index in [1.807, 2.05) is 45.0 Å². The topological polar surface area (TPSA) is 76.7 Å². The summed E-state index contributed by atoms with van der Waals surface area (Å²) in [6, 6.07) is 14.0. The highest BCUT2D eigenvalue weighted by atomic mass is 16.5. The predicted octanol–water partition coefficient (Wildman–Crippen LogP) is 3.30. The van der Waals surface area contributed by atoms with Gasteiger partial charge in [-0.3, -0.25) is 9.59 Å². The van der Waals surface area contributed by atoms with Crippen LogP contribution in [0.3, 0.4) is 0 Å². The standard InChI is InChI=1S/C23H30N2O4/c1-5-29-20-12-10-17(11-13-20)22(26)25-21(16(2)3)23(27)24-14-18-8-6-7-9-19(18)15-28-4/h6-13,16,21H,5,14-15H2,1-4H3,(H,24,27)(H,25,26). The van der Waals surface area contributed by atoms with E-state index in [2.05, 4.69) is 10.6 Å². The van der Waals surface area contributed by atoms with Crippen LogP contribution >= 0.6 is 0 Å². The third kappa shape index (κ3) is 6.61. The zero-order chi connectivity index (χ0) is 21.2. The summed E-state index contributed by atoms with van der Waals surface area (Å²) in [5.74, 6) is 0.140. The van der Waals surface area contributed by atoms with Gasteiger partial charge in [0.25, 0.3) is 5.91 Å². The maximum atomic E-state index is 12.8. The molecule has 0 aliphatic heterocycles. The van der Waals surface area contributed by atoms with Crippen LogP contribution < -0.4 is 15.4 Å². The van der Waals surface area contributed by atoms with Crippen LogP contribution in [0, 0.1) is 5.92 Å². The fraction of sp³-hybridized carbons (Fsp3) is 0.391. The smallest absolute Gasteiger partial charge is 0.251 e. The molecule has 1 unspecified atom stereocenters. The van der Waals surface area contributed by atoms with Crippen LogP contribution in [0.25, 0.3) is 0 Å². The van der Waals surface area contributed by atoms with Crippen molar-refractivity contribution in [3.05, 3.63) is 65.2 Å². The van der Waals surface area contributed by atoms with Gasteiger partial charge in [0.15, 0.2) is 0 Å². The summed E-state index contributed by atoms with van der Waals surface area (Å²) in [4.78, 5) is 25.4. The molecule has 0 saturated heterocycles. The molecule has 2 amide bonds. The molecule has 6 heteroatoms. The number of hydrogen-bond acceptors (Lipinski definition) is 4. The fourth-order valence-electron chi connectivity index (χ4n) is 2.95. The Morgan fingerprint density at radius 3 is 2.24 bits per heavy atom. The minimum atomic E-state index is -0.636. The van der Waals surface area contributed by atoms with Crippen LogP contribution in [0.1, 0.15) is 42.3 Å². The Balaban J connectivity index is 2.01. The summed E-state index contributed by atoms with van der Waals surface area (Å²) in [5, 5.41) is 5.78. The van der Waals surface area contributed by atoms with Gasteiger partial charge in [0.1, 0.15) is 11.8 Å². The number of rotatable bonds is 10. The quantitative estimate of drug-likeness (QED) is 0.644. The molecule has 0 aromatic heterocycles. The molecule has 2 aromatic rings. The SMILES string of the molecule is CCOc1ccc(C(=O)NC(C(=O)NCc2ccccc2COC)C(C)C)cc1. The van der Waals surface area contributed by atoms with Gasteiger partial charge in [0.2, 0.25) is 5.91 Å². The van der Waals surface area contributed by atoms with Gasteiger partial charge in [-0.15, -0.1) is 0 Å². The molecule has 2 N–H and O–H groups in total. The summed E-state index contributed by atoms with van der Waals surface area (Å²) < 4.78 is 10.6. The molecule has 2 aromatic carbocycles. The summed E-state index contributed by atoms with van der Waals surface area (Å²) in [6.07, 6.45) is 0. The van der Waals surface area contributed by atoms with Crippen LogP contribution in [-0.2, 0) is 22.7 Å². The van der Waals surface area contributed by atoms with Gasteiger partial charge < -0.3 is 20.1 Å². The number of benzene rings is 2. The molecule has 0 aliphatic carbocycles. The van der Waals surface area contributed by atoms with E-state index in [-0.39, 0.29) is 17.7 Å². The van der Waals surface area contributed by atoms with Gasteiger partial charge in [-0.2, -0.15) is 0 Å². The van der Waals surface area contributed by atoms with Crippen LogP contribution in [0.15, 0.2) is 48.5 Å². The van der Waals surface area contributed by atoms with E-state index in [4.69, 9.17) is 9.47 Å². The molecule has 6 nitrogen and oxygen atoms in total. The second-order valence-electron chi connectivity index (χ2n) is 7.07. The monoisotopic (exact) mass is 398 g/mol. The average Bonchev–Trinajstić information content (AvgIpc) is 2.71. The molecular weight excluding hydrogens is 368 g/mol. The Kier molecular flexibility index (Phi) is 8.68. The van der Waals surface area contributed by atoms with Crippen LogP contribution in [-0.4, -0.2) is 31.6 Å². The number of ether oxygens (including phenoxy) is 2. The zero-order valence-electron chi connectivity index (χ0n) is 17.5. The average molecular weight is 399 g/mol. The Bertz CT molecular complexity index is 803. The minimum absolute atomic E-state index is 0.0594. The third-order valence-corrected chi connectivity index (χ3v) is 4.53. The number of nitrogens with one attached hydrogen (secondary N) is 2. The van der Waals surface area contributed by atoms with E-state index in [9.17, 15) is 9.59 Å². The van der Waals surface area contributed by atoms with E-state index < -0.39 is 6.04 Å². The minimum Gasteiger partial charge on any atom is -0.494 e. The second-order valence-corrected chi connectivity index (χ2v) is 7.07. The lowest BCUT2D eigenvalue weighted by Gasteiger charge is -2.22. The molecule has 2 rings (SSSR count). The first kappa shape index (κ1) is 22.4. The molecular formula is C23H30N2O4. The van der Waals surface area contributed by atoms with E-state index in [1.54, 1.807) is 31.4 Å². The van der Waals surface area contributed by atoms with Gasteiger partial charge in [-0.1, -0.05) is 38.1 Å². The van der Waals surface area contributed by atoms with Crippen molar-refractivity contribution in [3.8, 4) is 5.75 Å². The zero-order valence-corrected chi connectivity index (χ0v) is 17.5. The fourth-order valence-corrected chi connectivity index (χ4v) is 2.95. The van der Waals surface area contributed by atoms with Crippen molar-refractivity contribution < 1.29 is 19.1 Å². The van der Waals surface area contributed by atoms with Crippen molar-refractivity contribution in [2.45, 2.75) is 40.0 Å². The Hall–Kier alpha value is -2.86. The highest BCUT2D eigenvalue weighted by Crippen LogP contribution is 2.13. The highest BCUT2D eigenvalue weighted by molar-refractivity contribution is 5.97.